The van der Waals surface area contributed by atoms with Gasteiger partial charge in [-0.1, -0.05) is 32.0 Å². The molecule has 2 rings (SSSR count). The largest absolute Gasteiger partial charge is 0.309 e. The number of hydrogen-bond donors (Lipinski definition) is 1. The summed E-state index contributed by atoms with van der Waals surface area (Å²) >= 11 is 0. The van der Waals surface area contributed by atoms with Gasteiger partial charge in [-0.05, 0) is 38.3 Å². The molecule has 0 aliphatic carbocycles. The summed E-state index contributed by atoms with van der Waals surface area (Å²) in [6.07, 6.45) is 3.16. The molecule has 1 atom stereocenters. The first kappa shape index (κ1) is 14.8. The molecule has 108 valence electrons. The quantitative estimate of drug-likeness (QED) is 0.868. The molecule has 2 aromatic rings. The van der Waals surface area contributed by atoms with E-state index < -0.39 is 0 Å². The van der Waals surface area contributed by atoms with Gasteiger partial charge >= 0.3 is 0 Å². The SMILES string of the molecule is Cc1ncc(CNC(C)CC(C)C)n1-c1ccccc1. The summed E-state index contributed by atoms with van der Waals surface area (Å²) in [6, 6.07) is 10.9. The molecule has 0 saturated heterocycles. The maximum atomic E-state index is 4.45. The summed E-state index contributed by atoms with van der Waals surface area (Å²) < 4.78 is 2.22. The molecule has 1 heterocycles. The van der Waals surface area contributed by atoms with E-state index in [1.165, 1.54) is 17.8 Å². The molecule has 3 nitrogen and oxygen atoms in total. The molecule has 0 saturated carbocycles. The summed E-state index contributed by atoms with van der Waals surface area (Å²) in [4.78, 5) is 4.45. The van der Waals surface area contributed by atoms with Gasteiger partial charge in [0, 0.05) is 18.3 Å². The number of nitrogens with zero attached hydrogens (tertiary/aromatic N) is 2. The highest BCUT2D eigenvalue weighted by molar-refractivity contribution is 5.35. The Hall–Kier alpha value is -1.61. The zero-order valence-corrected chi connectivity index (χ0v) is 12.9. The maximum Gasteiger partial charge on any atom is 0.110 e. The number of benzene rings is 1. The smallest absolute Gasteiger partial charge is 0.110 e. The third-order valence-corrected chi connectivity index (χ3v) is 3.48. The van der Waals surface area contributed by atoms with Crippen molar-refractivity contribution in [2.45, 2.75) is 46.7 Å². The minimum atomic E-state index is 0.523. The van der Waals surface area contributed by atoms with Gasteiger partial charge in [0.05, 0.1) is 11.9 Å². The van der Waals surface area contributed by atoms with Gasteiger partial charge in [-0.3, -0.25) is 4.57 Å². The van der Waals surface area contributed by atoms with Crippen molar-refractivity contribution in [3.8, 4) is 5.69 Å². The first-order valence-electron chi connectivity index (χ1n) is 7.40. The number of imidazole rings is 1. The second kappa shape index (κ2) is 6.71. The Morgan fingerprint density at radius 2 is 1.85 bits per heavy atom. The Labute approximate surface area is 122 Å². The lowest BCUT2D eigenvalue weighted by molar-refractivity contribution is 0.438. The summed E-state index contributed by atoms with van der Waals surface area (Å²) in [5.41, 5.74) is 2.39. The molecule has 0 amide bonds. The molecule has 3 heteroatoms. The summed E-state index contributed by atoms with van der Waals surface area (Å²) in [7, 11) is 0. The van der Waals surface area contributed by atoms with E-state index in [0.29, 0.717) is 6.04 Å². The van der Waals surface area contributed by atoms with Crippen LogP contribution in [-0.2, 0) is 6.54 Å². The fourth-order valence-electron chi connectivity index (χ4n) is 2.61. The fraction of sp³-hybridized carbons (Fsp3) is 0.471. The predicted octanol–water partition coefficient (Wildman–Crippen LogP) is 3.70. The van der Waals surface area contributed by atoms with Crippen LogP contribution in [0.15, 0.2) is 36.5 Å². The highest BCUT2D eigenvalue weighted by atomic mass is 15.1. The normalized spacial score (nSPS) is 12.8. The van der Waals surface area contributed by atoms with E-state index in [-0.39, 0.29) is 0 Å². The lowest BCUT2D eigenvalue weighted by Gasteiger charge is -2.17. The fourth-order valence-corrected chi connectivity index (χ4v) is 2.61. The summed E-state index contributed by atoms with van der Waals surface area (Å²) in [5, 5.41) is 3.59. The molecule has 20 heavy (non-hydrogen) atoms. The lowest BCUT2D eigenvalue weighted by atomic mass is 10.1. The van der Waals surface area contributed by atoms with Crippen LogP contribution in [0, 0.1) is 12.8 Å². The number of para-hydroxylation sites is 1. The average Bonchev–Trinajstić information content (AvgIpc) is 2.78. The molecular weight excluding hydrogens is 246 g/mol. The minimum Gasteiger partial charge on any atom is -0.309 e. The van der Waals surface area contributed by atoms with Crippen LogP contribution >= 0.6 is 0 Å². The first-order valence-corrected chi connectivity index (χ1v) is 7.40. The third kappa shape index (κ3) is 3.70. The van der Waals surface area contributed by atoms with E-state index in [1.54, 1.807) is 0 Å². The monoisotopic (exact) mass is 271 g/mol. The molecule has 0 aliphatic rings. The standard InChI is InChI=1S/C17H25N3/c1-13(2)10-14(3)18-11-17-12-19-15(4)20(17)16-8-6-5-7-9-16/h5-9,12-14,18H,10-11H2,1-4H3. The summed E-state index contributed by atoms with van der Waals surface area (Å²) in [6.45, 7) is 9.67. The van der Waals surface area contributed by atoms with E-state index in [4.69, 9.17) is 0 Å². The molecule has 0 fully saturated rings. The van der Waals surface area contributed by atoms with Crippen molar-refractivity contribution in [1.82, 2.24) is 14.9 Å². The topological polar surface area (TPSA) is 29.9 Å². The van der Waals surface area contributed by atoms with Gasteiger partial charge in [0.2, 0.25) is 0 Å². The Morgan fingerprint density at radius 3 is 2.50 bits per heavy atom. The second-order valence-electron chi connectivity index (χ2n) is 5.88. The molecule has 0 spiro atoms. The van der Waals surface area contributed by atoms with Crippen LogP contribution in [0.3, 0.4) is 0 Å². The molecule has 1 unspecified atom stereocenters. The molecular formula is C17H25N3. The van der Waals surface area contributed by atoms with Crippen molar-refractivity contribution in [2.75, 3.05) is 0 Å². The minimum absolute atomic E-state index is 0.523. The van der Waals surface area contributed by atoms with Crippen molar-refractivity contribution in [2.24, 2.45) is 5.92 Å². The number of aryl methyl sites for hydroxylation is 1. The highest BCUT2D eigenvalue weighted by Gasteiger charge is 2.10. The zero-order chi connectivity index (χ0) is 14.5. The number of rotatable bonds is 6. The van der Waals surface area contributed by atoms with Gasteiger partial charge in [-0.15, -0.1) is 0 Å². The van der Waals surface area contributed by atoms with Crippen molar-refractivity contribution in [3.63, 3.8) is 0 Å². The van der Waals surface area contributed by atoms with Crippen LogP contribution in [0.4, 0.5) is 0 Å². The van der Waals surface area contributed by atoms with Crippen LogP contribution in [0.25, 0.3) is 5.69 Å². The Morgan fingerprint density at radius 1 is 1.15 bits per heavy atom. The van der Waals surface area contributed by atoms with Crippen LogP contribution in [0.1, 0.15) is 38.7 Å². The molecule has 1 N–H and O–H groups in total. The van der Waals surface area contributed by atoms with Crippen molar-refractivity contribution < 1.29 is 0 Å². The number of aromatic nitrogens is 2. The molecule has 1 aromatic carbocycles. The third-order valence-electron chi connectivity index (χ3n) is 3.48. The van der Waals surface area contributed by atoms with Gasteiger partial charge in [-0.25, -0.2) is 4.98 Å². The Kier molecular flexibility index (Phi) is 4.96. The predicted molar refractivity (Wildman–Crippen MR) is 84.1 cm³/mol. The van der Waals surface area contributed by atoms with Gasteiger partial charge in [0.15, 0.2) is 0 Å². The lowest BCUT2D eigenvalue weighted by Crippen LogP contribution is -2.27. The molecule has 0 bridgehead atoms. The first-order chi connectivity index (χ1) is 9.58. The van der Waals surface area contributed by atoms with Crippen LogP contribution in [0.5, 0.6) is 0 Å². The van der Waals surface area contributed by atoms with Gasteiger partial charge < -0.3 is 5.32 Å². The Bertz CT molecular complexity index is 528. The van der Waals surface area contributed by atoms with Crippen LogP contribution < -0.4 is 5.32 Å². The van der Waals surface area contributed by atoms with E-state index >= 15 is 0 Å². The van der Waals surface area contributed by atoms with Crippen LogP contribution in [-0.4, -0.2) is 15.6 Å². The number of nitrogens with one attached hydrogen (secondary N) is 1. The highest BCUT2D eigenvalue weighted by Crippen LogP contribution is 2.14. The van der Waals surface area contributed by atoms with E-state index in [1.807, 2.05) is 19.2 Å². The van der Waals surface area contributed by atoms with E-state index in [9.17, 15) is 0 Å². The van der Waals surface area contributed by atoms with Crippen molar-refractivity contribution in [1.29, 1.82) is 0 Å². The maximum absolute atomic E-state index is 4.45. The van der Waals surface area contributed by atoms with E-state index in [0.717, 1.165) is 18.3 Å². The van der Waals surface area contributed by atoms with Gasteiger partial charge in [0.25, 0.3) is 0 Å². The zero-order valence-electron chi connectivity index (χ0n) is 12.9. The van der Waals surface area contributed by atoms with Crippen LogP contribution in [0.2, 0.25) is 0 Å². The van der Waals surface area contributed by atoms with E-state index in [2.05, 4.69) is 59.9 Å². The molecule has 1 aromatic heterocycles. The van der Waals surface area contributed by atoms with Gasteiger partial charge in [-0.2, -0.15) is 0 Å². The van der Waals surface area contributed by atoms with Gasteiger partial charge in [0.1, 0.15) is 5.82 Å². The Balaban J connectivity index is 2.10. The summed E-state index contributed by atoms with van der Waals surface area (Å²) in [5.74, 6) is 1.75. The van der Waals surface area contributed by atoms with Crippen molar-refractivity contribution in [3.05, 3.63) is 48.0 Å². The average molecular weight is 271 g/mol. The second-order valence-corrected chi connectivity index (χ2v) is 5.88. The molecule has 0 radical (unpaired) electrons. The van der Waals surface area contributed by atoms with Crippen molar-refractivity contribution >= 4 is 0 Å². The molecule has 0 aliphatic heterocycles. The number of hydrogen-bond acceptors (Lipinski definition) is 2.